The van der Waals surface area contributed by atoms with Gasteiger partial charge in [-0.25, -0.2) is 0 Å². The van der Waals surface area contributed by atoms with Crippen molar-refractivity contribution in [2.24, 2.45) is 4.99 Å². The van der Waals surface area contributed by atoms with Crippen molar-refractivity contribution >= 4 is 29.2 Å². The lowest BCUT2D eigenvalue weighted by atomic mass is 10.2. The van der Waals surface area contributed by atoms with Gasteiger partial charge in [0.25, 0.3) is 5.91 Å². The molecule has 0 aliphatic carbocycles. The van der Waals surface area contributed by atoms with Crippen LogP contribution in [0.15, 0.2) is 53.5 Å². The van der Waals surface area contributed by atoms with Gasteiger partial charge in [0.2, 0.25) is 0 Å². The number of carbonyl (C=O) groups excluding carboxylic acids is 1. The Hall–Kier alpha value is -2.93. The molecule has 1 aliphatic rings. The number of aliphatic imine (C=N–C) groups is 1. The number of anilines is 1. The lowest BCUT2D eigenvalue weighted by Crippen LogP contribution is -2.52. The zero-order chi connectivity index (χ0) is 22.2. The van der Waals surface area contributed by atoms with E-state index in [0.717, 1.165) is 48.4 Å². The van der Waals surface area contributed by atoms with Gasteiger partial charge in [-0.1, -0.05) is 29.8 Å². The fourth-order valence-corrected chi connectivity index (χ4v) is 3.57. The summed E-state index contributed by atoms with van der Waals surface area (Å²) < 4.78 is 5.61. The Kier molecular flexibility index (Phi) is 8.00. The number of nitrogens with zero attached hydrogens (tertiary/aromatic N) is 4. The number of carbonyl (C=O) groups is 1. The maximum Gasteiger partial charge on any atom is 0.259 e. The van der Waals surface area contributed by atoms with E-state index < -0.39 is 0 Å². The minimum atomic E-state index is -0.0687. The minimum absolute atomic E-state index is 0.0302. The highest BCUT2D eigenvalue weighted by Crippen LogP contribution is 2.21. The smallest absolute Gasteiger partial charge is 0.259 e. The van der Waals surface area contributed by atoms with Gasteiger partial charge in [-0.15, -0.1) is 0 Å². The van der Waals surface area contributed by atoms with E-state index in [1.165, 1.54) is 4.90 Å². The SMILES string of the molecule is CN=C(NCc1cccc(OCC(=O)N(C)C)c1)N1CCN(c2cccc(Cl)c2)CC1. The van der Waals surface area contributed by atoms with Crippen molar-refractivity contribution in [3.05, 3.63) is 59.1 Å². The first-order chi connectivity index (χ1) is 15.0. The molecule has 8 heteroatoms. The molecule has 0 saturated carbocycles. The quantitative estimate of drug-likeness (QED) is 0.549. The molecule has 2 aromatic rings. The predicted octanol–water partition coefficient (Wildman–Crippen LogP) is 2.70. The van der Waals surface area contributed by atoms with Gasteiger partial charge in [0.15, 0.2) is 12.6 Å². The van der Waals surface area contributed by atoms with Crippen LogP contribution >= 0.6 is 11.6 Å². The van der Waals surface area contributed by atoms with Gasteiger partial charge in [0, 0.05) is 64.6 Å². The van der Waals surface area contributed by atoms with Crippen molar-refractivity contribution in [3.63, 3.8) is 0 Å². The van der Waals surface area contributed by atoms with Gasteiger partial charge in [-0.2, -0.15) is 0 Å². The molecule has 1 fully saturated rings. The van der Waals surface area contributed by atoms with Crippen molar-refractivity contribution in [2.45, 2.75) is 6.54 Å². The van der Waals surface area contributed by atoms with E-state index in [1.54, 1.807) is 21.1 Å². The molecule has 1 aliphatic heterocycles. The third-order valence-electron chi connectivity index (χ3n) is 5.17. The van der Waals surface area contributed by atoms with E-state index in [0.29, 0.717) is 12.3 Å². The van der Waals surface area contributed by atoms with Crippen LogP contribution in [0.2, 0.25) is 5.02 Å². The highest BCUT2D eigenvalue weighted by Gasteiger charge is 2.20. The first kappa shape index (κ1) is 22.7. The van der Waals surface area contributed by atoms with Crippen LogP contribution in [0, 0.1) is 0 Å². The number of ether oxygens (including phenoxy) is 1. The summed E-state index contributed by atoms with van der Waals surface area (Å²) in [5.41, 5.74) is 2.22. The predicted molar refractivity (Wildman–Crippen MR) is 126 cm³/mol. The molecule has 3 rings (SSSR count). The van der Waals surface area contributed by atoms with Crippen molar-refractivity contribution < 1.29 is 9.53 Å². The number of hydrogen-bond acceptors (Lipinski definition) is 4. The highest BCUT2D eigenvalue weighted by molar-refractivity contribution is 6.30. The molecule has 1 heterocycles. The molecule has 31 heavy (non-hydrogen) atoms. The average Bonchev–Trinajstić information content (AvgIpc) is 2.78. The number of halogens is 1. The summed E-state index contributed by atoms with van der Waals surface area (Å²) in [6.45, 7) is 4.22. The Balaban J connectivity index is 1.51. The summed E-state index contributed by atoms with van der Waals surface area (Å²) in [5.74, 6) is 1.49. The lowest BCUT2D eigenvalue weighted by Gasteiger charge is -2.37. The summed E-state index contributed by atoms with van der Waals surface area (Å²) in [6, 6.07) is 15.7. The summed E-state index contributed by atoms with van der Waals surface area (Å²) in [6.07, 6.45) is 0. The molecule has 1 saturated heterocycles. The summed E-state index contributed by atoms with van der Waals surface area (Å²) >= 11 is 6.13. The molecule has 0 spiro atoms. The number of piperazine rings is 1. The van der Waals surface area contributed by atoms with Crippen LogP contribution in [0.5, 0.6) is 5.75 Å². The van der Waals surface area contributed by atoms with Gasteiger partial charge in [0.1, 0.15) is 5.75 Å². The third kappa shape index (κ3) is 6.52. The Morgan fingerprint density at radius 3 is 2.55 bits per heavy atom. The Bertz CT molecular complexity index is 910. The Morgan fingerprint density at radius 2 is 1.87 bits per heavy atom. The van der Waals surface area contributed by atoms with Gasteiger partial charge >= 0.3 is 0 Å². The zero-order valence-corrected chi connectivity index (χ0v) is 19.1. The second-order valence-corrected chi connectivity index (χ2v) is 8.02. The molecular formula is C23H30ClN5O2. The first-order valence-electron chi connectivity index (χ1n) is 10.3. The van der Waals surface area contributed by atoms with E-state index in [1.807, 2.05) is 42.5 Å². The number of benzene rings is 2. The Morgan fingerprint density at radius 1 is 1.13 bits per heavy atom. The molecule has 0 aromatic heterocycles. The highest BCUT2D eigenvalue weighted by atomic mass is 35.5. The molecule has 0 radical (unpaired) electrons. The fraction of sp³-hybridized carbons (Fsp3) is 0.391. The van der Waals surface area contributed by atoms with Crippen LogP contribution in [-0.4, -0.2) is 75.6 Å². The van der Waals surface area contributed by atoms with Crippen LogP contribution < -0.4 is 15.0 Å². The van der Waals surface area contributed by atoms with Gasteiger partial charge < -0.3 is 24.8 Å². The molecule has 7 nitrogen and oxygen atoms in total. The van der Waals surface area contributed by atoms with Crippen molar-refractivity contribution in [2.75, 3.05) is 58.8 Å². The van der Waals surface area contributed by atoms with Crippen LogP contribution in [0.1, 0.15) is 5.56 Å². The van der Waals surface area contributed by atoms with Crippen molar-refractivity contribution in [1.82, 2.24) is 15.1 Å². The van der Waals surface area contributed by atoms with Crippen molar-refractivity contribution in [3.8, 4) is 5.75 Å². The van der Waals surface area contributed by atoms with E-state index in [4.69, 9.17) is 16.3 Å². The average molecular weight is 444 g/mol. The maximum atomic E-state index is 11.7. The minimum Gasteiger partial charge on any atom is -0.484 e. The van der Waals surface area contributed by atoms with Gasteiger partial charge in [-0.3, -0.25) is 9.79 Å². The number of hydrogen-bond donors (Lipinski definition) is 1. The number of nitrogens with one attached hydrogen (secondary N) is 1. The van der Waals surface area contributed by atoms with E-state index >= 15 is 0 Å². The third-order valence-corrected chi connectivity index (χ3v) is 5.41. The van der Waals surface area contributed by atoms with E-state index in [2.05, 4.69) is 26.2 Å². The summed E-state index contributed by atoms with van der Waals surface area (Å²) in [7, 11) is 5.23. The summed E-state index contributed by atoms with van der Waals surface area (Å²) in [4.78, 5) is 22.3. The monoisotopic (exact) mass is 443 g/mol. The van der Waals surface area contributed by atoms with E-state index in [9.17, 15) is 4.79 Å². The molecule has 0 bridgehead atoms. The molecule has 0 atom stereocenters. The van der Waals surface area contributed by atoms with Crippen LogP contribution in [0.4, 0.5) is 5.69 Å². The molecule has 1 N–H and O–H groups in total. The van der Waals surface area contributed by atoms with Gasteiger partial charge in [0.05, 0.1) is 0 Å². The van der Waals surface area contributed by atoms with E-state index in [-0.39, 0.29) is 12.5 Å². The second-order valence-electron chi connectivity index (χ2n) is 7.58. The molecule has 1 amide bonds. The number of amides is 1. The zero-order valence-electron chi connectivity index (χ0n) is 18.3. The number of guanidine groups is 1. The normalized spacial score (nSPS) is 14.4. The summed E-state index contributed by atoms with van der Waals surface area (Å²) in [5, 5.41) is 4.19. The topological polar surface area (TPSA) is 60.4 Å². The van der Waals surface area contributed by atoms with Crippen LogP contribution in [0.25, 0.3) is 0 Å². The van der Waals surface area contributed by atoms with Crippen LogP contribution in [-0.2, 0) is 11.3 Å². The van der Waals surface area contributed by atoms with Gasteiger partial charge in [-0.05, 0) is 35.9 Å². The number of rotatable bonds is 6. The second kappa shape index (κ2) is 10.9. The molecular weight excluding hydrogens is 414 g/mol. The standard InChI is InChI=1S/C23H30ClN5O2/c1-25-23(29-12-10-28(11-13-29)20-8-5-7-19(24)15-20)26-16-18-6-4-9-21(14-18)31-17-22(30)27(2)3/h4-9,14-15H,10-13,16-17H2,1-3H3,(H,25,26). The molecule has 166 valence electrons. The lowest BCUT2D eigenvalue weighted by molar-refractivity contribution is -0.130. The largest absolute Gasteiger partial charge is 0.484 e. The molecule has 2 aromatic carbocycles. The van der Waals surface area contributed by atoms with Crippen LogP contribution in [0.3, 0.4) is 0 Å². The Labute approximate surface area is 189 Å². The first-order valence-corrected chi connectivity index (χ1v) is 10.7. The fourth-order valence-electron chi connectivity index (χ4n) is 3.38. The molecule has 0 unspecified atom stereocenters. The number of likely N-dealkylation sites (N-methyl/N-ethyl adjacent to an activating group) is 1. The van der Waals surface area contributed by atoms with Crippen molar-refractivity contribution in [1.29, 1.82) is 0 Å². The maximum absolute atomic E-state index is 11.7.